The highest BCUT2D eigenvalue weighted by Gasteiger charge is 2.20. The van der Waals surface area contributed by atoms with E-state index in [9.17, 15) is 14.4 Å². The minimum absolute atomic E-state index is 0.257. The molecule has 1 rings (SSSR count). The Morgan fingerprint density at radius 1 is 0.952 bits per heavy atom. The maximum Gasteiger partial charge on any atom is 0.251 e. The highest BCUT2D eigenvalue weighted by Crippen LogP contribution is 1.99. The number of hydrogen-bond donors (Lipinski definition) is 3. The summed E-state index contributed by atoms with van der Waals surface area (Å²) >= 11 is 0. The number of benzene rings is 1. The Labute approximate surface area is 124 Å². The number of carbonyl (C=O) groups is 3. The second-order valence-corrected chi connectivity index (χ2v) is 4.69. The summed E-state index contributed by atoms with van der Waals surface area (Å²) in [5, 5.41) is 7.76. The quantitative estimate of drug-likeness (QED) is 0.711. The molecule has 1 aromatic carbocycles. The van der Waals surface area contributed by atoms with Crippen molar-refractivity contribution in [3.05, 3.63) is 35.9 Å². The molecule has 2 atom stereocenters. The molecule has 0 spiro atoms. The summed E-state index contributed by atoms with van der Waals surface area (Å²) in [4.78, 5) is 35.4. The first-order valence-electron chi connectivity index (χ1n) is 6.89. The van der Waals surface area contributed by atoms with Crippen LogP contribution in [0, 0.1) is 0 Å². The average Bonchev–Trinajstić information content (AvgIpc) is 2.48. The van der Waals surface area contributed by atoms with Crippen molar-refractivity contribution in [2.24, 2.45) is 0 Å². The fourth-order valence-corrected chi connectivity index (χ4v) is 1.67. The van der Waals surface area contributed by atoms with Gasteiger partial charge >= 0.3 is 0 Å². The fourth-order valence-electron chi connectivity index (χ4n) is 1.67. The van der Waals surface area contributed by atoms with Crippen molar-refractivity contribution in [1.82, 2.24) is 16.0 Å². The average molecular weight is 291 g/mol. The van der Waals surface area contributed by atoms with Crippen LogP contribution in [0.15, 0.2) is 30.3 Å². The zero-order valence-electron chi connectivity index (χ0n) is 12.5. The first-order valence-corrected chi connectivity index (χ1v) is 6.89. The van der Waals surface area contributed by atoms with E-state index < -0.39 is 18.0 Å². The van der Waals surface area contributed by atoms with Gasteiger partial charge in [-0.2, -0.15) is 0 Å². The Kier molecular flexibility index (Phi) is 6.39. The predicted octanol–water partition coefficient (Wildman–Crippen LogP) is 0.446. The molecule has 0 radical (unpaired) electrons. The summed E-state index contributed by atoms with van der Waals surface area (Å²) in [5.74, 6) is -0.991. The third-order valence-corrected chi connectivity index (χ3v) is 2.88. The van der Waals surface area contributed by atoms with Crippen LogP contribution in [-0.4, -0.2) is 36.3 Å². The van der Waals surface area contributed by atoms with Gasteiger partial charge in [-0.1, -0.05) is 18.2 Å². The number of hydrogen-bond acceptors (Lipinski definition) is 3. The van der Waals surface area contributed by atoms with E-state index >= 15 is 0 Å². The second-order valence-electron chi connectivity index (χ2n) is 4.69. The van der Waals surface area contributed by atoms with E-state index in [2.05, 4.69) is 16.0 Å². The molecule has 0 saturated heterocycles. The fraction of sp³-hybridized carbons (Fsp3) is 0.400. The van der Waals surface area contributed by atoms with Gasteiger partial charge in [0.1, 0.15) is 12.1 Å². The van der Waals surface area contributed by atoms with Gasteiger partial charge in [0.15, 0.2) is 0 Å². The third kappa shape index (κ3) is 5.25. The summed E-state index contributed by atoms with van der Waals surface area (Å²) in [5.41, 5.74) is 0.480. The molecule has 0 fully saturated rings. The molecule has 6 nitrogen and oxygen atoms in total. The molecule has 3 amide bonds. The Morgan fingerprint density at radius 2 is 1.52 bits per heavy atom. The predicted molar refractivity (Wildman–Crippen MR) is 79.7 cm³/mol. The van der Waals surface area contributed by atoms with Crippen molar-refractivity contribution >= 4 is 17.7 Å². The molecule has 0 unspecified atom stereocenters. The minimum atomic E-state index is -0.727. The lowest BCUT2D eigenvalue weighted by Crippen LogP contribution is -2.51. The van der Waals surface area contributed by atoms with Crippen molar-refractivity contribution in [2.45, 2.75) is 32.9 Å². The maximum absolute atomic E-state index is 11.9. The van der Waals surface area contributed by atoms with E-state index in [1.807, 2.05) is 0 Å². The van der Waals surface area contributed by atoms with E-state index in [0.717, 1.165) is 0 Å². The molecule has 3 N–H and O–H groups in total. The van der Waals surface area contributed by atoms with Crippen LogP contribution in [0.5, 0.6) is 0 Å². The number of carbonyl (C=O) groups excluding carboxylic acids is 3. The lowest BCUT2D eigenvalue weighted by molar-refractivity contribution is -0.129. The molecule has 114 valence electrons. The summed E-state index contributed by atoms with van der Waals surface area (Å²) in [6.07, 6.45) is 0. The molecule has 0 aliphatic carbocycles. The molecular weight excluding hydrogens is 270 g/mol. The number of amides is 3. The van der Waals surface area contributed by atoms with Crippen LogP contribution in [0.4, 0.5) is 0 Å². The first-order chi connectivity index (χ1) is 9.95. The van der Waals surface area contributed by atoms with E-state index in [-0.39, 0.29) is 11.8 Å². The van der Waals surface area contributed by atoms with E-state index in [0.29, 0.717) is 12.1 Å². The molecule has 1 aromatic rings. The Bertz CT molecular complexity index is 502. The van der Waals surface area contributed by atoms with Gasteiger partial charge in [-0.15, -0.1) is 0 Å². The van der Waals surface area contributed by atoms with Crippen LogP contribution in [-0.2, 0) is 9.59 Å². The second kappa shape index (κ2) is 8.04. The van der Waals surface area contributed by atoms with Crippen molar-refractivity contribution in [2.75, 3.05) is 6.54 Å². The van der Waals surface area contributed by atoms with Crippen LogP contribution in [0.25, 0.3) is 0 Å². The van der Waals surface area contributed by atoms with Crippen molar-refractivity contribution in [3.63, 3.8) is 0 Å². The summed E-state index contributed by atoms with van der Waals surface area (Å²) < 4.78 is 0. The number of rotatable bonds is 6. The summed E-state index contributed by atoms with van der Waals surface area (Å²) in [7, 11) is 0. The minimum Gasteiger partial charge on any atom is -0.355 e. The van der Waals surface area contributed by atoms with Crippen molar-refractivity contribution in [3.8, 4) is 0 Å². The topological polar surface area (TPSA) is 87.3 Å². The molecule has 0 aliphatic heterocycles. The van der Waals surface area contributed by atoms with Crippen LogP contribution < -0.4 is 16.0 Å². The maximum atomic E-state index is 11.9. The summed E-state index contributed by atoms with van der Waals surface area (Å²) in [6, 6.07) is 7.26. The van der Waals surface area contributed by atoms with Crippen molar-refractivity contribution < 1.29 is 14.4 Å². The molecule has 0 aromatic heterocycles. The van der Waals surface area contributed by atoms with Crippen LogP contribution in [0.3, 0.4) is 0 Å². The van der Waals surface area contributed by atoms with E-state index in [1.165, 1.54) is 0 Å². The van der Waals surface area contributed by atoms with Crippen LogP contribution in [0.2, 0.25) is 0 Å². The van der Waals surface area contributed by atoms with Crippen LogP contribution in [0.1, 0.15) is 31.1 Å². The van der Waals surface area contributed by atoms with Gasteiger partial charge in [0, 0.05) is 12.1 Å². The van der Waals surface area contributed by atoms with Gasteiger partial charge in [-0.05, 0) is 32.9 Å². The number of nitrogens with one attached hydrogen (secondary N) is 3. The van der Waals surface area contributed by atoms with Crippen molar-refractivity contribution in [1.29, 1.82) is 0 Å². The molecule has 6 heteroatoms. The Hall–Kier alpha value is -2.37. The molecule has 0 saturated carbocycles. The lowest BCUT2D eigenvalue weighted by Gasteiger charge is -2.18. The number of likely N-dealkylation sites (N-methyl/N-ethyl adjacent to an activating group) is 1. The highest BCUT2D eigenvalue weighted by atomic mass is 16.2. The third-order valence-electron chi connectivity index (χ3n) is 2.88. The molecule has 0 aliphatic rings. The monoisotopic (exact) mass is 291 g/mol. The largest absolute Gasteiger partial charge is 0.355 e. The molecule has 0 heterocycles. The van der Waals surface area contributed by atoms with Gasteiger partial charge in [-0.25, -0.2) is 0 Å². The highest BCUT2D eigenvalue weighted by molar-refractivity contribution is 5.98. The standard InChI is InChI=1S/C15H21N3O3/c1-4-16-13(19)10(2)17-14(20)11(3)18-15(21)12-8-6-5-7-9-12/h5-11H,4H2,1-3H3,(H,16,19)(H,17,20)(H,18,21)/t10-,11-/m0/s1. The summed E-state index contributed by atoms with van der Waals surface area (Å²) in [6.45, 7) is 5.46. The SMILES string of the molecule is CCNC(=O)[C@H](C)NC(=O)[C@H](C)NC(=O)c1ccccc1. The van der Waals surface area contributed by atoms with Gasteiger partial charge in [0.25, 0.3) is 5.91 Å². The normalized spacial score (nSPS) is 12.9. The Morgan fingerprint density at radius 3 is 2.10 bits per heavy atom. The zero-order valence-corrected chi connectivity index (χ0v) is 12.5. The first kappa shape index (κ1) is 16.7. The molecular formula is C15H21N3O3. The van der Waals surface area contributed by atoms with E-state index in [1.54, 1.807) is 51.1 Å². The molecule has 0 bridgehead atoms. The van der Waals surface area contributed by atoms with Gasteiger partial charge in [0.2, 0.25) is 11.8 Å². The lowest BCUT2D eigenvalue weighted by atomic mass is 10.2. The Balaban J connectivity index is 2.51. The van der Waals surface area contributed by atoms with Gasteiger partial charge in [-0.3, -0.25) is 14.4 Å². The van der Waals surface area contributed by atoms with Gasteiger partial charge < -0.3 is 16.0 Å². The molecule has 21 heavy (non-hydrogen) atoms. The zero-order chi connectivity index (χ0) is 15.8. The van der Waals surface area contributed by atoms with Crippen LogP contribution >= 0.6 is 0 Å². The van der Waals surface area contributed by atoms with Gasteiger partial charge in [0.05, 0.1) is 0 Å². The van der Waals surface area contributed by atoms with E-state index in [4.69, 9.17) is 0 Å². The smallest absolute Gasteiger partial charge is 0.251 e.